The van der Waals surface area contributed by atoms with Crippen molar-refractivity contribution in [3.05, 3.63) is 34.9 Å². The second-order valence-electron chi connectivity index (χ2n) is 3.17. The van der Waals surface area contributed by atoms with E-state index >= 15 is 0 Å². The predicted octanol–water partition coefficient (Wildman–Crippen LogP) is 3.26. The van der Waals surface area contributed by atoms with Gasteiger partial charge >= 0.3 is 0 Å². The second kappa shape index (κ2) is 3.56. The lowest BCUT2D eigenvalue weighted by molar-refractivity contribution is 0.919. The van der Waals surface area contributed by atoms with Gasteiger partial charge in [0.2, 0.25) is 0 Å². The van der Waals surface area contributed by atoms with E-state index in [2.05, 4.69) is 39.0 Å². The molecule has 0 fully saturated rings. The van der Waals surface area contributed by atoms with Gasteiger partial charge in [-0.05, 0) is 37.0 Å². The Balaban J connectivity index is 2.86. The van der Waals surface area contributed by atoms with E-state index < -0.39 is 0 Å². The first-order valence-corrected chi connectivity index (χ1v) is 4.30. The number of hydrogen-bond acceptors (Lipinski definition) is 0. The van der Waals surface area contributed by atoms with Crippen LogP contribution in [0, 0.1) is 13.8 Å². The largest absolute Gasteiger partial charge is 0.0651 e. The zero-order chi connectivity index (χ0) is 8.27. The average Bonchev–Trinajstić information content (AvgIpc) is 1.98. The summed E-state index contributed by atoms with van der Waals surface area (Å²) in [5, 5.41) is 0. The third-order valence-electron chi connectivity index (χ3n) is 2.11. The highest BCUT2D eigenvalue weighted by Gasteiger charge is 1.93. The van der Waals surface area contributed by atoms with Crippen LogP contribution in [0.3, 0.4) is 0 Å². The number of rotatable bonds is 2. The molecule has 0 aromatic heterocycles. The molecular formula is C11H16. The van der Waals surface area contributed by atoms with Crippen LogP contribution in [0.15, 0.2) is 18.2 Å². The fraction of sp³-hybridized carbons (Fsp3) is 0.455. The molecule has 0 bridgehead atoms. The van der Waals surface area contributed by atoms with E-state index in [0.29, 0.717) is 0 Å². The van der Waals surface area contributed by atoms with Gasteiger partial charge in [0.15, 0.2) is 0 Å². The van der Waals surface area contributed by atoms with Crippen LogP contribution in [0.25, 0.3) is 0 Å². The van der Waals surface area contributed by atoms with Gasteiger partial charge in [-0.2, -0.15) is 0 Å². The average molecular weight is 148 g/mol. The van der Waals surface area contributed by atoms with Crippen molar-refractivity contribution in [1.82, 2.24) is 0 Å². The molecule has 0 aliphatic rings. The first-order valence-electron chi connectivity index (χ1n) is 4.30. The quantitative estimate of drug-likeness (QED) is 0.604. The molecule has 0 atom stereocenters. The summed E-state index contributed by atoms with van der Waals surface area (Å²) in [5.41, 5.74) is 4.27. The highest BCUT2D eigenvalue weighted by atomic mass is 14.0. The highest BCUT2D eigenvalue weighted by molar-refractivity contribution is 5.29. The summed E-state index contributed by atoms with van der Waals surface area (Å²) >= 11 is 0. The maximum atomic E-state index is 2.29. The third-order valence-corrected chi connectivity index (χ3v) is 2.11. The van der Waals surface area contributed by atoms with E-state index in [1.807, 2.05) is 0 Å². The molecule has 0 amide bonds. The van der Waals surface area contributed by atoms with E-state index in [1.54, 1.807) is 0 Å². The smallest absolute Gasteiger partial charge is 0.0281 e. The molecule has 0 N–H and O–H groups in total. The minimum absolute atomic E-state index is 1.21. The monoisotopic (exact) mass is 148 g/mol. The Morgan fingerprint density at radius 2 is 1.82 bits per heavy atom. The molecule has 0 aliphatic carbocycles. The van der Waals surface area contributed by atoms with Gasteiger partial charge in [-0.3, -0.25) is 0 Å². The van der Waals surface area contributed by atoms with Crippen LogP contribution in [0.1, 0.15) is 30.0 Å². The Morgan fingerprint density at radius 1 is 1.09 bits per heavy atom. The molecule has 1 rings (SSSR count). The molecule has 0 heterocycles. The molecule has 11 heavy (non-hydrogen) atoms. The van der Waals surface area contributed by atoms with Gasteiger partial charge < -0.3 is 0 Å². The number of hydrogen-bond donors (Lipinski definition) is 0. The van der Waals surface area contributed by atoms with Gasteiger partial charge in [-0.15, -0.1) is 0 Å². The molecule has 60 valence electrons. The Bertz CT molecular complexity index is 236. The van der Waals surface area contributed by atoms with Gasteiger partial charge in [0, 0.05) is 0 Å². The standard InChI is InChI=1S/C11H16/c1-4-5-11-7-6-9(2)10(3)8-11/h6-8H,4-5H2,1-3H3. The van der Waals surface area contributed by atoms with E-state index in [0.717, 1.165) is 0 Å². The molecular weight excluding hydrogens is 132 g/mol. The Morgan fingerprint density at radius 3 is 2.36 bits per heavy atom. The minimum Gasteiger partial charge on any atom is -0.0651 e. The lowest BCUT2D eigenvalue weighted by Gasteiger charge is -2.02. The van der Waals surface area contributed by atoms with Crippen LogP contribution in [0.2, 0.25) is 0 Å². The lowest BCUT2D eigenvalue weighted by atomic mass is 10.0. The van der Waals surface area contributed by atoms with Crippen LogP contribution in [-0.2, 0) is 6.42 Å². The summed E-state index contributed by atoms with van der Waals surface area (Å²) in [5.74, 6) is 0. The van der Waals surface area contributed by atoms with Crippen molar-refractivity contribution in [1.29, 1.82) is 0 Å². The van der Waals surface area contributed by atoms with Crippen molar-refractivity contribution in [3.63, 3.8) is 0 Å². The van der Waals surface area contributed by atoms with Crippen LogP contribution in [-0.4, -0.2) is 0 Å². The summed E-state index contributed by atoms with van der Waals surface area (Å²) in [4.78, 5) is 0. The number of benzene rings is 1. The molecule has 0 aliphatic heterocycles. The van der Waals surface area contributed by atoms with Crippen molar-refractivity contribution in [3.8, 4) is 0 Å². The maximum Gasteiger partial charge on any atom is -0.0281 e. The molecule has 0 heteroatoms. The normalized spacial score (nSPS) is 10.1. The van der Waals surface area contributed by atoms with E-state index in [1.165, 1.54) is 29.5 Å². The van der Waals surface area contributed by atoms with Crippen molar-refractivity contribution < 1.29 is 0 Å². The van der Waals surface area contributed by atoms with Crippen LogP contribution in [0.4, 0.5) is 0 Å². The predicted molar refractivity (Wildman–Crippen MR) is 49.9 cm³/mol. The van der Waals surface area contributed by atoms with Crippen LogP contribution < -0.4 is 0 Å². The second-order valence-corrected chi connectivity index (χ2v) is 3.17. The summed E-state index contributed by atoms with van der Waals surface area (Å²) in [7, 11) is 0. The van der Waals surface area contributed by atoms with Gasteiger partial charge in [-0.1, -0.05) is 31.5 Å². The molecule has 0 saturated carbocycles. The van der Waals surface area contributed by atoms with Gasteiger partial charge in [0.25, 0.3) is 0 Å². The van der Waals surface area contributed by atoms with Gasteiger partial charge in [0.1, 0.15) is 0 Å². The SMILES string of the molecule is CCCc1ccc(C)c(C)c1. The minimum atomic E-state index is 1.21. The Hall–Kier alpha value is -0.780. The molecule has 0 radical (unpaired) electrons. The Labute approximate surface area is 69.3 Å². The van der Waals surface area contributed by atoms with E-state index in [9.17, 15) is 0 Å². The lowest BCUT2D eigenvalue weighted by Crippen LogP contribution is -1.86. The van der Waals surface area contributed by atoms with Crippen LogP contribution >= 0.6 is 0 Å². The zero-order valence-corrected chi connectivity index (χ0v) is 7.65. The topological polar surface area (TPSA) is 0 Å². The fourth-order valence-electron chi connectivity index (χ4n) is 1.25. The fourth-order valence-corrected chi connectivity index (χ4v) is 1.25. The summed E-state index contributed by atoms with van der Waals surface area (Å²) in [6, 6.07) is 6.73. The number of aryl methyl sites for hydroxylation is 3. The molecule has 0 unspecified atom stereocenters. The first-order chi connectivity index (χ1) is 5.24. The highest BCUT2D eigenvalue weighted by Crippen LogP contribution is 2.10. The van der Waals surface area contributed by atoms with E-state index in [4.69, 9.17) is 0 Å². The van der Waals surface area contributed by atoms with Crippen molar-refractivity contribution in [2.45, 2.75) is 33.6 Å². The van der Waals surface area contributed by atoms with Crippen molar-refractivity contribution in [2.75, 3.05) is 0 Å². The Kier molecular flexibility index (Phi) is 2.70. The molecule has 0 nitrogen and oxygen atoms in total. The summed E-state index contributed by atoms with van der Waals surface area (Å²) in [6.45, 7) is 6.55. The first kappa shape index (κ1) is 8.32. The third kappa shape index (κ3) is 2.07. The zero-order valence-electron chi connectivity index (χ0n) is 7.65. The summed E-state index contributed by atoms with van der Waals surface area (Å²) < 4.78 is 0. The van der Waals surface area contributed by atoms with E-state index in [-0.39, 0.29) is 0 Å². The molecule has 0 spiro atoms. The van der Waals surface area contributed by atoms with Gasteiger partial charge in [0.05, 0.1) is 0 Å². The summed E-state index contributed by atoms with van der Waals surface area (Å²) in [6.07, 6.45) is 2.45. The molecule has 0 saturated heterocycles. The van der Waals surface area contributed by atoms with Crippen molar-refractivity contribution >= 4 is 0 Å². The van der Waals surface area contributed by atoms with Gasteiger partial charge in [-0.25, -0.2) is 0 Å². The maximum absolute atomic E-state index is 2.29. The molecule has 1 aromatic carbocycles. The van der Waals surface area contributed by atoms with Crippen molar-refractivity contribution in [2.24, 2.45) is 0 Å². The molecule has 1 aromatic rings. The van der Waals surface area contributed by atoms with Crippen LogP contribution in [0.5, 0.6) is 0 Å².